The molecule has 3 aliphatic carbocycles. The lowest BCUT2D eigenvalue weighted by Gasteiger charge is -2.62. The minimum absolute atomic E-state index is 0.169. The molecule has 9 atom stereocenters. The molecule has 6 unspecified atom stereocenters. The Bertz CT molecular complexity index is 682. The smallest absolute Gasteiger partial charge is 0.246 e. The molecule has 3 fully saturated rings. The second kappa shape index (κ2) is 7.96. The molecular formula is C28H47NO. The van der Waals surface area contributed by atoms with Crippen LogP contribution in [0.1, 0.15) is 92.9 Å². The average molecular weight is 414 g/mol. The van der Waals surface area contributed by atoms with E-state index in [1.54, 1.807) is 0 Å². The first-order chi connectivity index (χ1) is 14.1. The maximum atomic E-state index is 12.4. The predicted octanol–water partition coefficient (Wildman–Crippen LogP) is 6.95. The molecule has 4 aliphatic rings. The molecule has 1 heterocycles. The molecule has 0 saturated heterocycles. The van der Waals surface area contributed by atoms with Crippen molar-refractivity contribution in [1.82, 2.24) is 4.90 Å². The SMILES string of the molecule is CC(C)CCCC(C)C1CCC2C3C(CC[C@]12C)[C@@]1(C)C=CC(=O)N(C)C1C[C@@H]3C. The number of rotatable bonds is 5. The van der Waals surface area contributed by atoms with Gasteiger partial charge in [-0.3, -0.25) is 4.79 Å². The summed E-state index contributed by atoms with van der Waals surface area (Å²) in [6, 6.07) is 0.391. The minimum atomic E-state index is 0.169. The quantitative estimate of drug-likeness (QED) is 0.477. The Morgan fingerprint density at radius 1 is 1.10 bits per heavy atom. The molecule has 0 aromatic rings. The lowest BCUT2D eigenvalue weighted by atomic mass is 9.45. The highest BCUT2D eigenvalue weighted by Crippen LogP contribution is 2.67. The second-order valence-corrected chi connectivity index (χ2v) is 12.7. The van der Waals surface area contributed by atoms with Gasteiger partial charge in [-0.2, -0.15) is 0 Å². The second-order valence-electron chi connectivity index (χ2n) is 12.7. The van der Waals surface area contributed by atoms with Crippen LogP contribution in [0.15, 0.2) is 12.2 Å². The molecule has 0 aromatic carbocycles. The molecule has 0 aromatic heterocycles. The molecule has 2 nitrogen and oxygen atoms in total. The molecule has 3 saturated carbocycles. The summed E-state index contributed by atoms with van der Waals surface area (Å²) in [4.78, 5) is 14.4. The van der Waals surface area contributed by atoms with Gasteiger partial charge in [0.15, 0.2) is 0 Å². The highest BCUT2D eigenvalue weighted by molar-refractivity contribution is 5.89. The van der Waals surface area contributed by atoms with Gasteiger partial charge in [0.2, 0.25) is 5.91 Å². The molecule has 0 radical (unpaired) electrons. The number of hydrogen-bond acceptors (Lipinski definition) is 1. The fourth-order valence-corrected chi connectivity index (χ4v) is 9.08. The van der Waals surface area contributed by atoms with E-state index in [1.807, 2.05) is 13.1 Å². The zero-order chi connectivity index (χ0) is 21.8. The number of hydrogen-bond donors (Lipinski definition) is 0. The lowest BCUT2D eigenvalue weighted by molar-refractivity contribution is -0.145. The van der Waals surface area contributed by atoms with Gasteiger partial charge in [-0.15, -0.1) is 0 Å². The van der Waals surface area contributed by atoms with Gasteiger partial charge < -0.3 is 4.90 Å². The molecule has 170 valence electrons. The molecule has 0 N–H and O–H groups in total. The number of nitrogens with zero attached hydrogens (tertiary/aromatic N) is 1. The number of likely N-dealkylation sites (N-methyl/N-ethyl adjacent to an activating group) is 1. The normalized spacial score (nSPS) is 46.5. The van der Waals surface area contributed by atoms with Gasteiger partial charge in [-0.05, 0) is 85.0 Å². The summed E-state index contributed by atoms with van der Waals surface area (Å²) >= 11 is 0. The van der Waals surface area contributed by atoms with E-state index in [2.05, 4.69) is 52.5 Å². The topological polar surface area (TPSA) is 20.3 Å². The van der Waals surface area contributed by atoms with Crippen molar-refractivity contribution in [3.8, 4) is 0 Å². The van der Waals surface area contributed by atoms with Crippen molar-refractivity contribution in [1.29, 1.82) is 0 Å². The van der Waals surface area contributed by atoms with Crippen LogP contribution < -0.4 is 0 Å². The first kappa shape index (κ1) is 22.4. The first-order valence-electron chi connectivity index (χ1n) is 13.1. The highest BCUT2D eigenvalue weighted by Gasteiger charge is 2.62. The van der Waals surface area contributed by atoms with Gasteiger partial charge in [-0.25, -0.2) is 0 Å². The predicted molar refractivity (Wildman–Crippen MR) is 126 cm³/mol. The van der Waals surface area contributed by atoms with Crippen LogP contribution in [-0.2, 0) is 4.79 Å². The maximum Gasteiger partial charge on any atom is 0.246 e. The summed E-state index contributed by atoms with van der Waals surface area (Å²) in [5.74, 6) is 6.03. The summed E-state index contributed by atoms with van der Waals surface area (Å²) in [6.07, 6.45) is 15.3. The fraction of sp³-hybridized carbons (Fsp3) is 0.893. The van der Waals surface area contributed by atoms with Crippen LogP contribution in [-0.4, -0.2) is 23.9 Å². The van der Waals surface area contributed by atoms with E-state index >= 15 is 0 Å². The van der Waals surface area contributed by atoms with Crippen molar-refractivity contribution < 1.29 is 4.79 Å². The van der Waals surface area contributed by atoms with E-state index in [-0.39, 0.29) is 11.3 Å². The van der Waals surface area contributed by atoms with Crippen LogP contribution in [0.4, 0.5) is 0 Å². The molecule has 4 rings (SSSR count). The van der Waals surface area contributed by atoms with E-state index < -0.39 is 0 Å². The summed E-state index contributed by atoms with van der Waals surface area (Å²) in [6.45, 7) is 15.0. The molecule has 0 bridgehead atoms. The summed E-state index contributed by atoms with van der Waals surface area (Å²) < 4.78 is 0. The number of carbonyl (C=O) groups is 1. The number of carbonyl (C=O) groups excluding carboxylic acids is 1. The molecule has 1 amide bonds. The third-order valence-corrected chi connectivity index (χ3v) is 10.7. The van der Waals surface area contributed by atoms with Crippen molar-refractivity contribution in [3.05, 3.63) is 12.2 Å². The Hall–Kier alpha value is -0.790. The van der Waals surface area contributed by atoms with Gasteiger partial charge in [0.05, 0.1) is 0 Å². The molecule has 2 heteroatoms. The zero-order valence-corrected chi connectivity index (χ0v) is 20.8. The van der Waals surface area contributed by atoms with Crippen LogP contribution in [0.2, 0.25) is 0 Å². The van der Waals surface area contributed by atoms with Gasteiger partial charge in [-0.1, -0.05) is 66.9 Å². The van der Waals surface area contributed by atoms with E-state index in [9.17, 15) is 4.79 Å². The Kier molecular flexibility index (Phi) is 5.95. The van der Waals surface area contributed by atoms with Crippen LogP contribution in [0, 0.1) is 52.3 Å². The number of amides is 1. The maximum absolute atomic E-state index is 12.4. The van der Waals surface area contributed by atoms with E-state index in [0.717, 1.165) is 41.4 Å². The van der Waals surface area contributed by atoms with E-state index in [1.165, 1.54) is 51.4 Å². The average Bonchev–Trinajstić information content (AvgIpc) is 3.03. The zero-order valence-electron chi connectivity index (χ0n) is 20.8. The van der Waals surface area contributed by atoms with Crippen molar-refractivity contribution in [3.63, 3.8) is 0 Å². The summed E-state index contributed by atoms with van der Waals surface area (Å²) in [5.41, 5.74) is 0.706. The van der Waals surface area contributed by atoms with Gasteiger partial charge in [0.1, 0.15) is 0 Å². The van der Waals surface area contributed by atoms with Crippen LogP contribution in [0.3, 0.4) is 0 Å². The Morgan fingerprint density at radius 2 is 1.83 bits per heavy atom. The Labute approximate surface area is 186 Å². The van der Waals surface area contributed by atoms with Crippen molar-refractivity contribution >= 4 is 5.91 Å². The van der Waals surface area contributed by atoms with Gasteiger partial charge >= 0.3 is 0 Å². The minimum Gasteiger partial charge on any atom is -0.338 e. The van der Waals surface area contributed by atoms with Gasteiger partial charge in [0, 0.05) is 18.5 Å². The summed E-state index contributed by atoms with van der Waals surface area (Å²) in [7, 11) is 2.04. The number of fused-ring (bicyclic) bond motifs is 5. The Balaban J connectivity index is 1.55. The van der Waals surface area contributed by atoms with Crippen LogP contribution in [0.25, 0.3) is 0 Å². The van der Waals surface area contributed by atoms with Crippen molar-refractivity contribution in [2.75, 3.05) is 7.05 Å². The third kappa shape index (κ3) is 3.39. The fourth-order valence-electron chi connectivity index (χ4n) is 9.08. The molecule has 1 aliphatic heterocycles. The molecule has 30 heavy (non-hydrogen) atoms. The van der Waals surface area contributed by atoms with Crippen LogP contribution in [0.5, 0.6) is 0 Å². The van der Waals surface area contributed by atoms with Crippen molar-refractivity contribution in [2.24, 2.45) is 52.3 Å². The molecule has 0 spiro atoms. The highest BCUT2D eigenvalue weighted by atomic mass is 16.2. The Morgan fingerprint density at radius 3 is 2.53 bits per heavy atom. The first-order valence-corrected chi connectivity index (χ1v) is 13.1. The monoisotopic (exact) mass is 413 g/mol. The van der Waals surface area contributed by atoms with E-state index in [4.69, 9.17) is 0 Å². The van der Waals surface area contributed by atoms with E-state index in [0.29, 0.717) is 11.5 Å². The van der Waals surface area contributed by atoms with Crippen molar-refractivity contribution in [2.45, 2.75) is 99.0 Å². The summed E-state index contributed by atoms with van der Waals surface area (Å²) in [5, 5.41) is 0. The standard InChI is InChI=1S/C28H47NO/c1-18(2)9-8-10-19(3)21-11-12-22-26-20(4)17-24-28(6,16-14-25(30)29(24)7)23(26)13-15-27(21,22)5/h14,16,18-24,26H,8-13,15,17H2,1-7H3/t19?,20-,21?,22?,23?,24?,26?,27+,28+/m0/s1. The third-order valence-electron chi connectivity index (χ3n) is 10.7. The largest absolute Gasteiger partial charge is 0.338 e. The van der Waals surface area contributed by atoms with Gasteiger partial charge in [0.25, 0.3) is 0 Å². The lowest BCUT2D eigenvalue weighted by Crippen LogP contribution is -2.61. The van der Waals surface area contributed by atoms with Crippen LogP contribution >= 0.6 is 0 Å². The molecular weight excluding hydrogens is 366 g/mol.